The van der Waals surface area contributed by atoms with Crippen LogP contribution in [-0.4, -0.2) is 24.1 Å². The molecule has 0 aliphatic heterocycles. The van der Waals surface area contributed by atoms with Gasteiger partial charge in [0.25, 0.3) is 0 Å². The van der Waals surface area contributed by atoms with E-state index < -0.39 is 0 Å². The summed E-state index contributed by atoms with van der Waals surface area (Å²) >= 11 is 4.74. The Morgan fingerprint density at radius 3 is 3.14 bits per heavy atom. The van der Waals surface area contributed by atoms with Crippen LogP contribution in [0, 0.1) is 0 Å². The Morgan fingerprint density at radius 2 is 2.57 bits per heavy atom. The van der Waals surface area contributed by atoms with E-state index in [0.717, 1.165) is 9.73 Å². The number of thiazole rings is 1. The second-order valence-electron chi connectivity index (χ2n) is 2.46. The highest BCUT2D eigenvalue weighted by Crippen LogP contribution is 2.18. The van der Waals surface area contributed by atoms with Gasteiger partial charge in [0.05, 0.1) is 13.0 Å². The summed E-state index contributed by atoms with van der Waals surface area (Å²) in [5.74, 6) is -0.185. The molecule has 78 valence electrons. The van der Waals surface area contributed by atoms with Crippen LogP contribution in [-0.2, 0) is 9.53 Å². The monoisotopic (exact) mass is 278 g/mol. The molecule has 0 radical (unpaired) electrons. The molecule has 0 bridgehead atoms. The predicted octanol–water partition coefficient (Wildman–Crippen LogP) is 2.27. The minimum atomic E-state index is -0.185. The number of hydrogen-bond acceptors (Lipinski definition) is 5. The van der Waals surface area contributed by atoms with Gasteiger partial charge >= 0.3 is 5.97 Å². The number of carbonyl (C=O) groups is 1. The largest absolute Gasteiger partial charge is 0.466 e. The van der Waals surface area contributed by atoms with Gasteiger partial charge in [-0.3, -0.25) is 4.79 Å². The van der Waals surface area contributed by atoms with Gasteiger partial charge in [0.2, 0.25) is 0 Å². The molecule has 0 aliphatic carbocycles. The van der Waals surface area contributed by atoms with Crippen LogP contribution in [0.25, 0.3) is 0 Å². The Hall–Kier alpha value is -0.620. The molecule has 0 atom stereocenters. The van der Waals surface area contributed by atoms with Crippen molar-refractivity contribution in [1.82, 2.24) is 4.98 Å². The normalized spacial score (nSPS) is 9.86. The predicted molar refractivity (Wildman–Crippen MR) is 59.6 cm³/mol. The second-order valence-corrected chi connectivity index (χ2v) is 4.13. The maximum atomic E-state index is 10.9. The lowest BCUT2D eigenvalue weighted by molar-refractivity contribution is -0.142. The molecule has 0 saturated heterocycles. The highest BCUT2D eigenvalue weighted by atomic mass is 79.9. The number of nitrogens with zero attached hydrogens (tertiary/aromatic N) is 1. The fraction of sp³-hybridized carbons (Fsp3) is 0.500. The van der Waals surface area contributed by atoms with Crippen molar-refractivity contribution >= 4 is 38.4 Å². The van der Waals surface area contributed by atoms with Crippen LogP contribution in [0.4, 0.5) is 5.13 Å². The molecule has 1 heterocycles. The van der Waals surface area contributed by atoms with Gasteiger partial charge in [-0.1, -0.05) is 0 Å². The van der Waals surface area contributed by atoms with Gasteiger partial charge in [-0.15, -0.1) is 11.3 Å². The number of ether oxygens (including phenoxy) is 1. The number of hydrogen-bond donors (Lipinski definition) is 1. The Balaban J connectivity index is 2.18. The van der Waals surface area contributed by atoms with E-state index in [2.05, 4.69) is 26.2 Å². The zero-order valence-corrected chi connectivity index (χ0v) is 10.2. The van der Waals surface area contributed by atoms with Gasteiger partial charge in [-0.05, 0) is 22.9 Å². The van der Waals surface area contributed by atoms with Crippen molar-refractivity contribution in [3.63, 3.8) is 0 Å². The minimum absolute atomic E-state index is 0.185. The molecule has 0 fully saturated rings. The fourth-order valence-electron chi connectivity index (χ4n) is 0.840. The number of anilines is 1. The Kier molecular flexibility index (Phi) is 4.89. The topological polar surface area (TPSA) is 51.2 Å². The van der Waals surface area contributed by atoms with Crippen molar-refractivity contribution in [2.24, 2.45) is 0 Å². The molecular formula is C8H11BrN2O2S. The van der Waals surface area contributed by atoms with E-state index in [0.29, 0.717) is 19.6 Å². The molecule has 1 rings (SSSR count). The molecule has 1 N–H and O–H groups in total. The van der Waals surface area contributed by atoms with E-state index in [1.165, 1.54) is 11.3 Å². The third kappa shape index (κ3) is 4.06. The van der Waals surface area contributed by atoms with Crippen molar-refractivity contribution in [1.29, 1.82) is 0 Å². The summed E-state index contributed by atoms with van der Waals surface area (Å²) in [6, 6.07) is 0. The lowest BCUT2D eigenvalue weighted by Crippen LogP contribution is -2.11. The van der Waals surface area contributed by atoms with Crippen molar-refractivity contribution < 1.29 is 9.53 Å². The van der Waals surface area contributed by atoms with Crippen LogP contribution in [0.3, 0.4) is 0 Å². The summed E-state index contributed by atoms with van der Waals surface area (Å²) in [6.45, 7) is 2.78. The number of carbonyl (C=O) groups excluding carboxylic acids is 1. The average molecular weight is 279 g/mol. The van der Waals surface area contributed by atoms with Crippen molar-refractivity contribution in [3.05, 3.63) is 9.98 Å². The quantitative estimate of drug-likeness (QED) is 0.840. The van der Waals surface area contributed by atoms with Crippen LogP contribution in [0.2, 0.25) is 0 Å². The molecule has 4 nitrogen and oxygen atoms in total. The van der Waals surface area contributed by atoms with Crippen LogP contribution >= 0.6 is 27.3 Å². The summed E-state index contributed by atoms with van der Waals surface area (Å²) in [5.41, 5.74) is 0. The molecule has 0 amide bonds. The minimum Gasteiger partial charge on any atom is -0.466 e. The maximum Gasteiger partial charge on any atom is 0.307 e. The highest BCUT2D eigenvalue weighted by Gasteiger charge is 2.02. The summed E-state index contributed by atoms with van der Waals surface area (Å²) in [4.78, 5) is 15.1. The van der Waals surface area contributed by atoms with Crippen LogP contribution in [0.1, 0.15) is 13.3 Å². The van der Waals surface area contributed by atoms with E-state index in [4.69, 9.17) is 4.74 Å². The molecule has 0 saturated carbocycles. The number of aromatic nitrogens is 1. The van der Waals surface area contributed by atoms with Crippen molar-refractivity contribution in [2.45, 2.75) is 13.3 Å². The number of nitrogens with one attached hydrogen (secondary N) is 1. The van der Waals surface area contributed by atoms with Crippen LogP contribution < -0.4 is 5.32 Å². The zero-order chi connectivity index (χ0) is 10.4. The number of halogens is 1. The second kappa shape index (κ2) is 5.98. The molecule has 0 aliphatic rings. The summed E-state index contributed by atoms with van der Waals surface area (Å²) in [7, 11) is 0. The Bertz CT molecular complexity index is 303. The molecule has 0 unspecified atom stereocenters. The lowest BCUT2D eigenvalue weighted by atomic mass is 10.4. The molecule has 1 aromatic heterocycles. The van der Waals surface area contributed by atoms with Gasteiger partial charge in [-0.25, -0.2) is 4.98 Å². The fourth-order valence-corrected chi connectivity index (χ4v) is 2.01. The smallest absolute Gasteiger partial charge is 0.307 e. The number of rotatable bonds is 5. The van der Waals surface area contributed by atoms with Crippen LogP contribution in [0.15, 0.2) is 9.98 Å². The standard InChI is InChI=1S/C8H11BrN2O2S/c1-2-13-7(12)3-4-10-8-11-6(9)5-14-8/h5H,2-4H2,1H3,(H,10,11). The summed E-state index contributed by atoms with van der Waals surface area (Å²) in [5, 5.41) is 5.72. The molecular weight excluding hydrogens is 268 g/mol. The third-order valence-electron chi connectivity index (χ3n) is 1.39. The van der Waals surface area contributed by atoms with E-state index in [1.54, 1.807) is 6.92 Å². The first-order chi connectivity index (χ1) is 6.72. The zero-order valence-electron chi connectivity index (χ0n) is 7.75. The van der Waals surface area contributed by atoms with E-state index in [-0.39, 0.29) is 5.97 Å². The molecule has 0 spiro atoms. The molecule has 1 aromatic rings. The van der Waals surface area contributed by atoms with Crippen molar-refractivity contribution in [3.8, 4) is 0 Å². The van der Waals surface area contributed by atoms with Gasteiger partial charge in [0, 0.05) is 11.9 Å². The van der Waals surface area contributed by atoms with Gasteiger partial charge in [0.15, 0.2) is 5.13 Å². The van der Waals surface area contributed by atoms with E-state index in [1.807, 2.05) is 5.38 Å². The first-order valence-corrected chi connectivity index (χ1v) is 5.90. The first kappa shape index (κ1) is 11.5. The Morgan fingerprint density at radius 1 is 1.79 bits per heavy atom. The lowest BCUT2D eigenvalue weighted by Gasteiger charge is -2.02. The number of esters is 1. The molecule has 6 heteroatoms. The van der Waals surface area contributed by atoms with E-state index in [9.17, 15) is 4.79 Å². The summed E-state index contributed by atoms with van der Waals surface area (Å²) in [6.07, 6.45) is 0.366. The molecule has 0 aromatic carbocycles. The van der Waals surface area contributed by atoms with Gasteiger partial charge in [0.1, 0.15) is 4.60 Å². The molecule has 14 heavy (non-hydrogen) atoms. The maximum absolute atomic E-state index is 10.9. The first-order valence-electron chi connectivity index (χ1n) is 4.23. The third-order valence-corrected chi connectivity index (χ3v) is 2.90. The van der Waals surface area contributed by atoms with Crippen LogP contribution in [0.5, 0.6) is 0 Å². The van der Waals surface area contributed by atoms with Gasteiger partial charge < -0.3 is 10.1 Å². The van der Waals surface area contributed by atoms with Gasteiger partial charge in [-0.2, -0.15) is 0 Å². The van der Waals surface area contributed by atoms with Crippen molar-refractivity contribution in [2.75, 3.05) is 18.5 Å². The van der Waals surface area contributed by atoms with E-state index >= 15 is 0 Å². The Labute approximate surface area is 94.8 Å². The highest BCUT2D eigenvalue weighted by molar-refractivity contribution is 9.10. The SMILES string of the molecule is CCOC(=O)CCNc1nc(Br)cs1. The summed E-state index contributed by atoms with van der Waals surface area (Å²) < 4.78 is 5.59. The average Bonchev–Trinajstić information content (AvgIpc) is 2.52.